The van der Waals surface area contributed by atoms with Gasteiger partial charge in [-0.25, -0.2) is 18.1 Å². The molecule has 2 heterocycles. The van der Waals surface area contributed by atoms with Crippen molar-refractivity contribution in [2.24, 2.45) is 12.8 Å². The first-order valence-electron chi connectivity index (χ1n) is 8.57. The monoisotopic (exact) mass is 422 g/mol. The highest BCUT2D eigenvalue weighted by molar-refractivity contribution is 7.89. The van der Waals surface area contributed by atoms with Crippen LogP contribution in [0.1, 0.15) is 25.7 Å². The fourth-order valence-corrected chi connectivity index (χ4v) is 3.80. The number of likely N-dealkylation sites (tertiary alicyclic amines) is 1. The van der Waals surface area contributed by atoms with Gasteiger partial charge in [0.15, 0.2) is 5.03 Å². The van der Waals surface area contributed by atoms with Crippen molar-refractivity contribution in [2.75, 3.05) is 26.2 Å². The molecule has 154 valence electrons. The molecule has 4 N–H and O–H groups in total. The van der Waals surface area contributed by atoms with Crippen LogP contribution in [0.4, 0.5) is 0 Å². The molecule has 0 aliphatic carbocycles. The molecule has 1 aliphatic heterocycles. The van der Waals surface area contributed by atoms with E-state index in [0.717, 1.165) is 19.3 Å². The van der Waals surface area contributed by atoms with Gasteiger partial charge in [0.25, 0.3) is 10.0 Å². The number of nitrogens with zero attached hydrogens (tertiary/aromatic N) is 3. The Morgan fingerprint density at radius 3 is 2.74 bits per heavy atom. The van der Waals surface area contributed by atoms with Crippen LogP contribution in [0.15, 0.2) is 17.6 Å². The van der Waals surface area contributed by atoms with E-state index in [1.807, 2.05) is 0 Å². The molecule has 1 aliphatic rings. The lowest BCUT2D eigenvalue weighted by Crippen LogP contribution is -2.52. The highest BCUT2D eigenvalue weighted by atomic mass is 35.5. The van der Waals surface area contributed by atoms with E-state index in [9.17, 15) is 18.0 Å². The second-order valence-corrected chi connectivity index (χ2v) is 8.00. The van der Waals surface area contributed by atoms with E-state index < -0.39 is 10.0 Å². The molecule has 1 atom stereocenters. The number of aromatic nitrogens is 2. The third-order valence-corrected chi connectivity index (χ3v) is 5.51. The summed E-state index contributed by atoms with van der Waals surface area (Å²) in [5, 5.41) is 2.65. The number of carbonyl (C=O) groups excluding carboxylic acids is 2. The SMILES string of the molecule is Cl.Cn1cnc(S(=O)(=O)NCC(=O)N2CCCCC2CNC(=O)CCN)c1. The lowest BCUT2D eigenvalue weighted by molar-refractivity contribution is -0.134. The summed E-state index contributed by atoms with van der Waals surface area (Å²) in [6.45, 7) is 0.819. The molecular formula is C15H27ClN6O4S. The predicted octanol–water partition coefficient (Wildman–Crippen LogP) is -1.03. The number of rotatable bonds is 8. The van der Waals surface area contributed by atoms with Gasteiger partial charge in [0, 0.05) is 45.3 Å². The summed E-state index contributed by atoms with van der Waals surface area (Å²) in [5.41, 5.74) is 5.35. The summed E-state index contributed by atoms with van der Waals surface area (Å²) in [4.78, 5) is 29.5. The van der Waals surface area contributed by atoms with Gasteiger partial charge in [-0.3, -0.25) is 9.59 Å². The van der Waals surface area contributed by atoms with E-state index in [4.69, 9.17) is 5.73 Å². The molecule has 27 heavy (non-hydrogen) atoms. The number of aryl methyl sites for hydroxylation is 1. The lowest BCUT2D eigenvalue weighted by atomic mass is 10.0. The average Bonchev–Trinajstić information content (AvgIpc) is 3.06. The third-order valence-electron chi connectivity index (χ3n) is 4.22. The standard InChI is InChI=1S/C15H26N6O4S.ClH/c1-20-10-14(18-11-20)26(24,25)19-9-15(23)21-7-3-2-4-12(21)8-17-13(22)5-6-16;/h10-12,19H,2-9,16H2,1H3,(H,17,22);1H. The largest absolute Gasteiger partial charge is 0.354 e. The van der Waals surface area contributed by atoms with Gasteiger partial charge in [0.05, 0.1) is 12.9 Å². The Bertz CT molecular complexity index is 738. The van der Waals surface area contributed by atoms with E-state index in [0.29, 0.717) is 13.1 Å². The Labute approximate surface area is 165 Å². The molecule has 1 aromatic rings. The van der Waals surface area contributed by atoms with E-state index in [2.05, 4.69) is 15.0 Å². The molecule has 2 amide bonds. The normalized spacial score (nSPS) is 17.3. The number of carbonyl (C=O) groups is 2. The van der Waals surface area contributed by atoms with Crippen LogP contribution in [0.5, 0.6) is 0 Å². The number of sulfonamides is 1. The highest BCUT2D eigenvalue weighted by Gasteiger charge is 2.28. The minimum Gasteiger partial charge on any atom is -0.354 e. The quantitative estimate of drug-likeness (QED) is 0.489. The molecule has 12 heteroatoms. The van der Waals surface area contributed by atoms with Gasteiger partial charge in [-0.15, -0.1) is 12.4 Å². The van der Waals surface area contributed by atoms with Crippen LogP contribution in [-0.4, -0.2) is 66.9 Å². The van der Waals surface area contributed by atoms with Gasteiger partial charge in [-0.2, -0.15) is 0 Å². The summed E-state index contributed by atoms with van der Waals surface area (Å²) in [6.07, 6.45) is 5.56. The maximum Gasteiger partial charge on any atom is 0.260 e. The number of nitrogens with two attached hydrogens (primary N) is 1. The highest BCUT2D eigenvalue weighted by Crippen LogP contribution is 2.16. The summed E-state index contributed by atoms with van der Waals surface area (Å²) < 4.78 is 28.2. The summed E-state index contributed by atoms with van der Waals surface area (Å²) in [6, 6.07) is -0.141. The summed E-state index contributed by atoms with van der Waals surface area (Å²) >= 11 is 0. The molecule has 1 unspecified atom stereocenters. The number of halogens is 1. The summed E-state index contributed by atoms with van der Waals surface area (Å²) in [7, 11) is -2.18. The molecule has 0 bridgehead atoms. The van der Waals surface area contributed by atoms with Crippen LogP contribution >= 0.6 is 12.4 Å². The lowest BCUT2D eigenvalue weighted by Gasteiger charge is -2.36. The van der Waals surface area contributed by atoms with Crippen molar-refractivity contribution >= 4 is 34.2 Å². The molecular weight excluding hydrogens is 396 g/mol. The Hall–Kier alpha value is -1.69. The molecule has 0 aromatic carbocycles. The Morgan fingerprint density at radius 1 is 1.37 bits per heavy atom. The molecule has 1 saturated heterocycles. The third kappa shape index (κ3) is 6.76. The average molecular weight is 423 g/mol. The van der Waals surface area contributed by atoms with Crippen molar-refractivity contribution in [2.45, 2.75) is 36.8 Å². The van der Waals surface area contributed by atoms with Crippen LogP contribution in [0.25, 0.3) is 0 Å². The maximum absolute atomic E-state index is 12.5. The smallest absolute Gasteiger partial charge is 0.260 e. The Morgan fingerprint density at radius 2 is 2.11 bits per heavy atom. The zero-order chi connectivity index (χ0) is 19.2. The number of hydrogen-bond donors (Lipinski definition) is 3. The number of amides is 2. The van der Waals surface area contributed by atoms with Crippen LogP contribution < -0.4 is 15.8 Å². The van der Waals surface area contributed by atoms with Gasteiger partial charge in [0.1, 0.15) is 0 Å². The van der Waals surface area contributed by atoms with Crippen molar-refractivity contribution in [1.82, 2.24) is 24.5 Å². The molecule has 0 saturated carbocycles. The topological polar surface area (TPSA) is 139 Å². The van der Waals surface area contributed by atoms with Crippen LogP contribution in [-0.2, 0) is 26.7 Å². The van der Waals surface area contributed by atoms with E-state index in [1.54, 1.807) is 11.9 Å². The Kier molecular flexibility index (Phi) is 9.16. The number of imidazole rings is 1. The number of piperidine rings is 1. The van der Waals surface area contributed by atoms with Crippen molar-refractivity contribution in [3.05, 3.63) is 12.5 Å². The molecule has 1 aromatic heterocycles. The van der Waals surface area contributed by atoms with Gasteiger partial charge in [0.2, 0.25) is 11.8 Å². The second-order valence-electron chi connectivity index (χ2n) is 6.28. The molecule has 0 radical (unpaired) electrons. The fraction of sp³-hybridized carbons (Fsp3) is 0.667. The van der Waals surface area contributed by atoms with Crippen molar-refractivity contribution in [3.8, 4) is 0 Å². The van der Waals surface area contributed by atoms with E-state index in [-0.39, 0.29) is 54.8 Å². The van der Waals surface area contributed by atoms with E-state index >= 15 is 0 Å². The molecule has 1 fully saturated rings. The van der Waals surface area contributed by atoms with Crippen molar-refractivity contribution < 1.29 is 18.0 Å². The second kappa shape index (κ2) is 10.6. The van der Waals surface area contributed by atoms with Gasteiger partial charge >= 0.3 is 0 Å². The van der Waals surface area contributed by atoms with Crippen LogP contribution in [0, 0.1) is 0 Å². The van der Waals surface area contributed by atoms with Gasteiger partial charge < -0.3 is 20.5 Å². The fourth-order valence-electron chi connectivity index (χ4n) is 2.85. The minimum absolute atomic E-state index is 0. The number of hydrogen-bond acceptors (Lipinski definition) is 6. The summed E-state index contributed by atoms with van der Waals surface area (Å²) in [5.74, 6) is -0.469. The van der Waals surface area contributed by atoms with Crippen LogP contribution in [0.3, 0.4) is 0 Å². The minimum atomic E-state index is -3.84. The zero-order valence-corrected chi connectivity index (χ0v) is 16.9. The van der Waals surface area contributed by atoms with Gasteiger partial charge in [-0.1, -0.05) is 0 Å². The maximum atomic E-state index is 12.5. The first-order chi connectivity index (χ1) is 12.3. The zero-order valence-electron chi connectivity index (χ0n) is 15.3. The van der Waals surface area contributed by atoms with Gasteiger partial charge in [-0.05, 0) is 19.3 Å². The van der Waals surface area contributed by atoms with Crippen LogP contribution in [0.2, 0.25) is 0 Å². The first kappa shape index (κ1) is 23.3. The number of nitrogens with one attached hydrogen (secondary N) is 2. The first-order valence-corrected chi connectivity index (χ1v) is 10.1. The molecule has 10 nitrogen and oxygen atoms in total. The van der Waals surface area contributed by atoms with Crippen molar-refractivity contribution in [3.63, 3.8) is 0 Å². The Balaban J connectivity index is 0.00000364. The predicted molar refractivity (Wildman–Crippen MR) is 102 cm³/mol. The molecule has 2 rings (SSSR count). The van der Waals surface area contributed by atoms with Crippen molar-refractivity contribution in [1.29, 1.82) is 0 Å². The molecule has 0 spiro atoms. The van der Waals surface area contributed by atoms with E-state index in [1.165, 1.54) is 17.1 Å².